The maximum absolute atomic E-state index is 11.0. The fraction of sp³-hybridized carbons (Fsp3) is 0. The van der Waals surface area contributed by atoms with E-state index in [1.165, 1.54) is 0 Å². The number of rotatable bonds is 2. The van der Waals surface area contributed by atoms with E-state index in [0.717, 1.165) is 27.3 Å². The molecule has 0 radical (unpaired) electrons. The lowest BCUT2D eigenvalue weighted by atomic mass is 10.1. The highest BCUT2D eigenvalue weighted by Gasteiger charge is 2.19. The predicted molar refractivity (Wildman–Crippen MR) is 66.6 cm³/mol. The first-order valence-corrected chi connectivity index (χ1v) is 5.48. The molecule has 0 aromatic rings. The van der Waals surface area contributed by atoms with Crippen molar-refractivity contribution < 1.29 is 9.59 Å². The van der Waals surface area contributed by atoms with Crippen LogP contribution < -0.4 is 0 Å². The molecule has 15 heavy (non-hydrogen) atoms. The van der Waals surface area contributed by atoms with E-state index in [4.69, 9.17) is 0 Å². The van der Waals surface area contributed by atoms with Gasteiger partial charge in [-0.1, -0.05) is 30.3 Å². The average Bonchev–Trinajstić information content (AvgIpc) is 2.45. The lowest BCUT2D eigenvalue weighted by molar-refractivity contribution is 0.109. The van der Waals surface area contributed by atoms with Gasteiger partial charge in [-0.25, -0.2) is 0 Å². The van der Waals surface area contributed by atoms with Crippen LogP contribution in [0.15, 0.2) is 30.3 Å². The van der Waals surface area contributed by atoms with E-state index in [0.29, 0.717) is 11.1 Å². The monoisotopic (exact) mass is 310 g/mol. The quantitative estimate of drug-likeness (QED) is 0.631. The van der Waals surface area contributed by atoms with E-state index in [9.17, 15) is 9.59 Å². The van der Waals surface area contributed by atoms with Crippen LogP contribution in [0.2, 0.25) is 0 Å². The van der Waals surface area contributed by atoms with Crippen LogP contribution in [-0.2, 0) is 0 Å². The molecule has 0 N–H and O–H groups in total. The number of carbonyl (C=O) groups excluding carboxylic acids is 2. The first kappa shape index (κ1) is 10.3. The first-order valence-electron chi connectivity index (χ1n) is 4.40. The zero-order valence-electron chi connectivity index (χ0n) is 7.74. The highest BCUT2D eigenvalue weighted by Crippen LogP contribution is 2.35. The van der Waals surface area contributed by atoms with Gasteiger partial charge in [0.2, 0.25) is 0 Å². The second-order valence-corrected chi connectivity index (χ2v) is 4.19. The summed E-state index contributed by atoms with van der Waals surface area (Å²) < 4.78 is 0.843. The second kappa shape index (κ2) is 4.10. The standard InChI is InChI=1S/C12H7IO2/c13-12-9-5-3-1-2-4-8(9)10(6-14)11(12)7-15/h1-7H. The van der Waals surface area contributed by atoms with Crippen molar-refractivity contribution in [2.75, 3.05) is 0 Å². The molecule has 3 heteroatoms. The minimum atomic E-state index is 0.487. The Bertz CT molecular complexity index is 505. The summed E-state index contributed by atoms with van der Waals surface area (Å²) in [4.78, 5) is 21.8. The van der Waals surface area contributed by atoms with Crippen LogP contribution in [0.5, 0.6) is 0 Å². The third kappa shape index (κ3) is 1.56. The number of hydrogen-bond acceptors (Lipinski definition) is 2. The van der Waals surface area contributed by atoms with Crippen LogP contribution in [0.25, 0.3) is 11.1 Å². The van der Waals surface area contributed by atoms with Crippen molar-refractivity contribution >= 4 is 35.2 Å². The molecule has 74 valence electrons. The molecular weight excluding hydrogens is 303 g/mol. The van der Waals surface area contributed by atoms with Crippen LogP contribution in [-0.4, -0.2) is 12.6 Å². The first-order chi connectivity index (χ1) is 7.29. The summed E-state index contributed by atoms with van der Waals surface area (Å²) in [6, 6.07) is 9.42. The molecule has 0 saturated heterocycles. The van der Waals surface area contributed by atoms with E-state index in [2.05, 4.69) is 22.6 Å². The summed E-state index contributed by atoms with van der Waals surface area (Å²) >= 11 is 2.10. The van der Waals surface area contributed by atoms with E-state index in [-0.39, 0.29) is 0 Å². The molecule has 2 nitrogen and oxygen atoms in total. The van der Waals surface area contributed by atoms with Crippen molar-refractivity contribution in [3.8, 4) is 11.1 Å². The molecule has 0 heterocycles. The van der Waals surface area contributed by atoms with Crippen molar-refractivity contribution in [1.82, 2.24) is 0 Å². The van der Waals surface area contributed by atoms with Gasteiger partial charge in [0, 0.05) is 14.7 Å². The van der Waals surface area contributed by atoms with Crippen molar-refractivity contribution in [2.24, 2.45) is 0 Å². The summed E-state index contributed by atoms with van der Waals surface area (Å²) in [5.41, 5.74) is 2.76. The Kier molecular flexibility index (Phi) is 2.81. The lowest BCUT2D eigenvalue weighted by Crippen LogP contribution is -1.85. The topological polar surface area (TPSA) is 34.1 Å². The van der Waals surface area contributed by atoms with E-state index < -0.39 is 0 Å². The molecule has 0 aromatic carbocycles. The number of fused-ring (bicyclic) bond motifs is 1. The molecule has 0 saturated carbocycles. The van der Waals surface area contributed by atoms with Gasteiger partial charge in [-0.15, -0.1) is 0 Å². The Labute approximate surface area is 101 Å². The van der Waals surface area contributed by atoms with Gasteiger partial charge in [0.15, 0.2) is 12.6 Å². The maximum atomic E-state index is 11.0. The number of aldehydes is 2. The lowest BCUT2D eigenvalue weighted by Gasteiger charge is -1.92. The zero-order chi connectivity index (χ0) is 10.8. The van der Waals surface area contributed by atoms with E-state index in [1.54, 1.807) is 0 Å². The third-order valence-electron chi connectivity index (χ3n) is 2.33. The predicted octanol–water partition coefficient (Wildman–Crippen LogP) is 3.02. The SMILES string of the molecule is O=Cc1c2cccccc-2c(I)c1C=O. The Balaban J connectivity index is 2.90. The molecule has 0 amide bonds. The van der Waals surface area contributed by atoms with Crippen LogP contribution in [0, 0.1) is 3.57 Å². The van der Waals surface area contributed by atoms with Crippen LogP contribution >= 0.6 is 22.6 Å². The van der Waals surface area contributed by atoms with Crippen LogP contribution in [0.1, 0.15) is 20.7 Å². The number of halogens is 1. The van der Waals surface area contributed by atoms with Crippen LogP contribution in [0.4, 0.5) is 0 Å². The largest absolute Gasteiger partial charge is 0.298 e. The average molecular weight is 310 g/mol. The summed E-state index contributed by atoms with van der Waals surface area (Å²) in [7, 11) is 0. The molecule has 0 unspecified atom stereocenters. The normalized spacial score (nSPS) is 10.2. The molecule has 0 atom stereocenters. The molecule has 0 bridgehead atoms. The van der Waals surface area contributed by atoms with Crippen molar-refractivity contribution in [3.05, 3.63) is 45.0 Å². The van der Waals surface area contributed by atoms with Gasteiger partial charge >= 0.3 is 0 Å². The number of hydrogen-bond donors (Lipinski definition) is 0. The maximum Gasteiger partial charge on any atom is 0.151 e. The van der Waals surface area contributed by atoms with Gasteiger partial charge in [-0.2, -0.15) is 0 Å². The van der Waals surface area contributed by atoms with E-state index in [1.807, 2.05) is 30.3 Å². The molecule has 0 aromatic heterocycles. The van der Waals surface area contributed by atoms with Gasteiger partial charge in [-0.05, 0) is 33.7 Å². The molecule has 2 rings (SSSR count). The van der Waals surface area contributed by atoms with Crippen molar-refractivity contribution in [2.45, 2.75) is 0 Å². The fourth-order valence-corrected chi connectivity index (χ4v) is 2.51. The molecule has 2 aliphatic rings. The molecule has 0 fully saturated rings. The van der Waals surface area contributed by atoms with E-state index >= 15 is 0 Å². The summed E-state index contributed by atoms with van der Waals surface area (Å²) in [6.45, 7) is 0. The minimum Gasteiger partial charge on any atom is -0.298 e. The highest BCUT2D eigenvalue weighted by molar-refractivity contribution is 14.1. The van der Waals surface area contributed by atoms with Crippen molar-refractivity contribution in [3.63, 3.8) is 0 Å². The zero-order valence-corrected chi connectivity index (χ0v) is 9.89. The Morgan fingerprint density at radius 3 is 2.07 bits per heavy atom. The minimum absolute atomic E-state index is 0.487. The van der Waals surface area contributed by atoms with Gasteiger partial charge in [0.1, 0.15) is 0 Å². The Morgan fingerprint density at radius 2 is 1.47 bits per heavy atom. The molecule has 0 spiro atoms. The Hall–Kier alpha value is -1.23. The van der Waals surface area contributed by atoms with Gasteiger partial charge in [-0.3, -0.25) is 9.59 Å². The van der Waals surface area contributed by atoms with Crippen molar-refractivity contribution in [1.29, 1.82) is 0 Å². The smallest absolute Gasteiger partial charge is 0.151 e. The molecular formula is C12H7IO2. The summed E-state index contributed by atoms with van der Waals surface area (Å²) in [6.07, 6.45) is 1.49. The summed E-state index contributed by atoms with van der Waals surface area (Å²) in [5, 5.41) is 0. The Morgan fingerprint density at radius 1 is 0.867 bits per heavy atom. The fourth-order valence-electron chi connectivity index (χ4n) is 1.62. The number of carbonyl (C=O) groups is 2. The second-order valence-electron chi connectivity index (χ2n) is 3.12. The highest BCUT2D eigenvalue weighted by atomic mass is 127. The third-order valence-corrected chi connectivity index (χ3v) is 3.49. The molecule has 2 aliphatic carbocycles. The van der Waals surface area contributed by atoms with Gasteiger partial charge in [0.05, 0.1) is 0 Å². The van der Waals surface area contributed by atoms with Gasteiger partial charge in [0.25, 0.3) is 0 Å². The van der Waals surface area contributed by atoms with Gasteiger partial charge < -0.3 is 0 Å². The summed E-state index contributed by atoms with van der Waals surface area (Å²) in [5.74, 6) is 0. The molecule has 0 aliphatic heterocycles. The van der Waals surface area contributed by atoms with Crippen LogP contribution in [0.3, 0.4) is 0 Å².